The zero-order valence-corrected chi connectivity index (χ0v) is 13.2. The average molecular weight is 357 g/mol. The summed E-state index contributed by atoms with van der Waals surface area (Å²) in [4.78, 5) is 19.4. The summed E-state index contributed by atoms with van der Waals surface area (Å²) in [7, 11) is 1.82. The van der Waals surface area contributed by atoms with Crippen molar-refractivity contribution in [2.24, 2.45) is 7.05 Å². The van der Waals surface area contributed by atoms with Crippen LogP contribution in [-0.4, -0.2) is 45.3 Å². The third kappa shape index (κ3) is 2.50. The molecule has 3 heterocycles. The number of hydrogen-bond acceptors (Lipinski definition) is 5. The summed E-state index contributed by atoms with van der Waals surface area (Å²) < 4.78 is 8.11. The van der Waals surface area contributed by atoms with Crippen LogP contribution < -0.4 is 0 Å². The smallest absolute Gasteiger partial charge is 0.264 e. The third-order valence-corrected chi connectivity index (χ3v) is 4.89. The van der Waals surface area contributed by atoms with Gasteiger partial charge in [-0.05, 0) is 22.0 Å². The number of amides is 1. The van der Waals surface area contributed by atoms with Crippen LogP contribution in [0.25, 0.3) is 0 Å². The monoisotopic (exact) mass is 356 g/mol. The van der Waals surface area contributed by atoms with Crippen molar-refractivity contribution < 1.29 is 9.53 Å². The number of hydrogen-bond donors (Lipinski definition) is 0. The summed E-state index contributed by atoms with van der Waals surface area (Å²) in [5.74, 6) is 0.755. The maximum atomic E-state index is 12.6. The maximum absolute atomic E-state index is 12.6. The largest absolute Gasteiger partial charge is 0.377 e. The first kappa shape index (κ1) is 13.7. The van der Waals surface area contributed by atoms with E-state index in [2.05, 4.69) is 26.0 Å². The van der Waals surface area contributed by atoms with Crippen LogP contribution in [0.4, 0.5) is 0 Å². The van der Waals surface area contributed by atoms with Crippen LogP contribution in [-0.2, 0) is 11.8 Å². The second kappa shape index (κ2) is 5.63. The number of ether oxygens (including phenoxy) is 1. The Labute approximate surface area is 128 Å². The lowest BCUT2D eigenvalue weighted by Crippen LogP contribution is -2.44. The molecule has 1 saturated heterocycles. The number of aromatic nitrogens is 3. The molecule has 1 aliphatic heterocycles. The lowest BCUT2D eigenvalue weighted by atomic mass is 10.2. The highest BCUT2D eigenvalue weighted by Gasteiger charge is 2.32. The Balaban J connectivity index is 1.89. The number of nitrogens with zero attached hydrogens (tertiary/aromatic N) is 4. The molecule has 0 N–H and O–H groups in total. The van der Waals surface area contributed by atoms with Crippen LogP contribution in [0.3, 0.4) is 0 Å². The van der Waals surface area contributed by atoms with Gasteiger partial charge in [-0.15, -0.1) is 11.3 Å². The van der Waals surface area contributed by atoms with Gasteiger partial charge in [0.25, 0.3) is 5.91 Å². The summed E-state index contributed by atoms with van der Waals surface area (Å²) in [6.45, 7) is 1.56. The number of rotatable bonds is 2. The van der Waals surface area contributed by atoms with Crippen molar-refractivity contribution in [3.05, 3.63) is 32.9 Å². The summed E-state index contributed by atoms with van der Waals surface area (Å²) >= 11 is 4.81. The molecule has 2 aromatic rings. The van der Waals surface area contributed by atoms with Gasteiger partial charge in [-0.25, -0.2) is 4.98 Å². The molecule has 0 radical (unpaired) electrons. The molecule has 106 valence electrons. The minimum absolute atomic E-state index is 0.0111. The Kier molecular flexibility index (Phi) is 3.86. The van der Waals surface area contributed by atoms with E-state index in [-0.39, 0.29) is 11.9 Å². The Morgan fingerprint density at radius 2 is 2.45 bits per heavy atom. The minimum Gasteiger partial charge on any atom is -0.377 e. The Morgan fingerprint density at radius 1 is 1.60 bits per heavy atom. The summed E-state index contributed by atoms with van der Waals surface area (Å²) in [5, 5.41) is 5.98. The van der Waals surface area contributed by atoms with Crippen LogP contribution in [0.2, 0.25) is 0 Å². The number of thiophene rings is 1. The van der Waals surface area contributed by atoms with Crippen molar-refractivity contribution in [2.75, 3.05) is 19.8 Å². The van der Waals surface area contributed by atoms with E-state index in [0.29, 0.717) is 24.6 Å². The molecule has 0 saturated carbocycles. The van der Waals surface area contributed by atoms with Gasteiger partial charge in [0.2, 0.25) is 0 Å². The van der Waals surface area contributed by atoms with Gasteiger partial charge in [0.15, 0.2) is 5.82 Å². The van der Waals surface area contributed by atoms with E-state index in [1.54, 1.807) is 4.68 Å². The van der Waals surface area contributed by atoms with Gasteiger partial charge >= 0.3 is 0 Å². The molecule has 0 aliphatic carbocycles. The number of morpholine rings is 1. The number of carbonyl (C=O) groups is 1. The fourth-order valence-corrected chi connectivity index (χ4v) is 3.62. The summed E-state index contributed by atoms with van der Waals surface area (Å²) in [6, 6.07) is 1.65. The fourth-order valence-electron chi connectivity index (χ4n) is 2.23. The standard InChI is InChI=1S/C12H13BrN4O2S/c1-16-11(14-7-15-16)9-5-19-3-2-17(9)12(18)10-4-8(13)6-20-10/h4,6-7,9H,2-3,5H2,1H3. The highest BCUT2D eigenvalue weighted by atomic mass is 79.9. The molecule has 8 heteroatoms. The van der Waals surface area contributed by atoms with E-state index >= 15 is 0 Å². The molecule has 0 spiro atoms. The van der Waals surface area contributed by atoms with Crippen LogP contribution >= 0.6 is 27.3 Å². The number of halogens is 1. The van der Waals surface area contributed by atoms with Crippen molar-refractivity contribution in [1.82, 2.24) is 19.7 Å². The minimum atomic E-state index is -0.190. The predicted molar refractivity (Wildman–Crippen MR) is 77.6 cm³/mol. The first-order chi connectivity index (χ1) is 9.66. The Bertz CT molecular complexity index is 627. The molecular formula is C12H13BrN4O2S. The zero-order valence-electron chi connectivity index (χ0n) is 10.8. The van der Waals surface area contributed by atoms with E-state index in [0.717, 1.165) is 10.3 Å². The van der Waals surface area contributed by atoms with E-state index in [1.807, 2.05) is 23.4 Å². The summed E-state index contributed by atoms with van der Waals surface area (Å²) in [5.41, 5.74) is 0. The lowest BCUT2D eigenvalue weighted by molar-refractivity contribution is -0.00592. The quantitative estimate of drug-likeness (QED) is 0.823. The molecule has 1 atom stereocenters. The molecule has 1 fully saturated rings. The lowest BCUT2D eigenvalue weighted by Gasteiger charge is -2.34. The molecule has 1 aliphatic rings. The molecule has 1 unspecified atom stereocenters. The second-order valence-electron chi connectivity index (χ2n) is 4.46. The van der Waals surface area contributed by atoms with Crippen molar-refractivity contribution in [1.29, 1.82) is 0 Å². The maximum Gasteiger partial charge on any atom is 0.264 e. The average Bonchev–Trinajstić information content (AvgIpc) is 3.07. The molecule has 3 rings (SSSR count). The molecule has 0 bridgehead atoms. The van der Waals surface area contributed by atoms with Crippen LogP contribution in [0.5, 0.6) is 0 Å². The van der Waals surface area contributed by atoms with Crippen LogP contribution in [0.1, 0.15) is 21.5 Å². The Hall–Kier alpha value is -1.25. The zero-order chi connectivity index (χ0) is 14.1. The number of carbonyl (C=O) groups excluding carboxylic acids is 1. The first-order valence-corrected chi connectivity index (χ1v) is 7.80. The third-order valence-electron chi connectivity index (χ3n) is 3.21. The van der Waals surface area contributed by atoms with Crippen LogP contribution in [0, 0.1) is 0 Å². The fraction of sp³-hybridized carbons (Fsp3) is 0.417. The molecule has 2 aromatic heterocycles. The van der Waals surface area contributed by atoms with E-state index < -0.39 is 0 Å². The van der Waals surface area contributed by atoms with Gasteiger partial charge < -0.3 is 9.64 Å². The molecule has 1 amide bonds. The highest BCUT2D eigenvalue weighted by molar-refractivity contribution is 9.10. The van der Waals surface area contributed by atoms with Crippen LogP contribution in [0.15, 0.2) is 22.2 Å². The molecular weight excluding hydrogens is 344 g/mol. The van der Waals surface area contributed by atoms with Gasteiger partial charge in [-0.2, -0.15) is 5.10 Å². The normalized spacial score (nSPS) is 19.3. The van der Waals surface area contributed by atoms with Gasteiger partial charge in [0.1, 0.15) is 12.4 Å². The number of aryl methyl sites for hydroxylation is 1. The topological polar surface area (TPSA) is 60.2 Å². The van der Waals surface area contributed by atoms with E-state index in [9.17, 15) is 4.79 Å². The van der Waals surface area contributed by atoms with Crippen molar-refractivity contribution >= 4 is 33.2 Å². The van der Waals surface area contributed by atoms with Crippen molar-refractivity contribution in [3.63, 3.8) is 0 Å². The second-order valence-corrected chi connectivity index (χ2v) is 6.29. The molecule has 20 heavy (non-hydrogen) atoms. The van der Waals surface area contributed by atoms with E-state index in [4.69, 9.17) is 4.74 Å². The Morgan fingerprint density at radius 3 is 3.10 bits per heavy atom. The van der Waals surface area contributed by atoms with Gasteiger partial charge in [-0.3, -0.25) is 9.48 Å². The van der Waals surface area contributed by atoms with Gasteiger partial charge in [0, 0.05) is 23.4 Å². The van der Waals surface area contributed by atoms with Crippen molar-refractivity contribution in [2.45, 2.75) is 6.04 Å². The molecule has 0 aromatic carbocycles. The highest BCUT2D eigenvalue weighted by Crippen LogP contribution is 2.27. The predicted octanol–water partition coefficient (Wildman–Crippen LogP) is 1.85. The molecule has 6 nitrogen and oxygen atoms in total. The van der Waals surface area contributed by atoms with Crippen molar-refractivity contribution in [3.8, 4) is 0 Å². The van der Waals surface area contributed by atoms with Gasteiger partial charge in [-0.1, -0.05) is 0 Å². The summed E-state index contributed by atoms with van der Waals surface area (Å²) in [6.07, 6.45) is 1.49. The first-order valence-electron chi connectivity index (χ1n) is 6.13. The SMILES string of the molecule is Cn1ncnc1C1COCCN1C(=O)c1cc(Br)cs1. The van der Waals surface area contributed by atoms with E-state index in [1.165, 1.54) is 17.7 Å². The van der Waals surface area contributed by atoms with Gasteiger partial charge in [0.05, 0.1) is 18.1 Å².